The zero-order valence-electron chi connectivity index (χ0n) is 12.3. The average molecular weight is 299 g/mol. The second-order valence-corrected chi connectivity index (χ2v) is 5.97. The molecule has 112 valence electrons. The lowest BCUT2D eigenvalue weighted by Gasteiger charge is -2.17. The lowest BCUT2D eigenvalue weighted by atomic mass is 10.3. The number of thiophene rings is 1. The van der Waals surface area contributed by atoms with Gasteiger partial charge in [0.05, 0.1) is 13.2 Å². The first-order valence-corrected chi connectivity index (χ1v) is 7.26. The Morgan fingerprint density at radius 2 is 2.15 bits per heavy atom. The van der Waals surface area contributed by atoms with Crippen molar-refractivity contribution in [2.45, 2.75) is 12.5 Å². The van der Waals surface area contributed by atoms with E-state index in [2.05, 4.69) is 4.90 Å². The molecule has 1 fully saturated rings. The average Bonchev–Trinajstić information content (AvgIpc) is 3.01. The smallest absolute Gasteiger partial charge is 0.265 e. The van der Waals surface area contributed by atoms with Crippen molar-refractivity contribution >= 4 is 27.9 Å². The summed E-state index contributed by atoms with van der Waals surface area (Å²) in [7, 11) is 6.72. The number of amides is 1. The van der Waals surface area contributed by atoms with Crippen LogP contribution in [0.25, 0.3) is 0 Å². The molecular weight excluding hydrogens is 278 g/mol. The quantitative estimate of drug-likeness (QED) is 0.906. The van der Waals surface area contributed by atoms with E-state index < -0.39 is 0 Å². The SMILES string of the molecule is COc1c(N2CCC(OC)C2)sc(C(=O)N(C)C)c1N. The number of anilines is 2. The van der Waals surface area contributed by atoms with E-state index in [-0.39, 0.29) is 12.0 Å². The van der Waals surface area contributed by atoms with Gasteiger partial charge in [-0.05, 0) is 6.42 Å². The number of methoxy groups -OCH3 is 2. The van der Waals surface area contributed by atoms with Crippen LogP contribution in [0.3, 0.4) is 0 Å². The monoisotopic (exact) mass is 299 g/mol. The zero-order valence-corrected chi connectivity index (χ0v) is 13.1. The number of nitrogens with two attached hydrogens (primary N) is 1. The fourth-order valence-electron chi connectivity index (χ4n) is 2.29. The highest BCUT2D eigenvalue weighted by atomic mass is 32.1. The number of rotatable bonds is 4. The molecule has 1 amide bonds. The third-order valence-electron chi connectivity index (χ3n) is 3.45. The summed E-state index contributed by atoms with van der Waals surface area (Å²) in [6.07, 6.45) is 1.19. The summed E-state index contributed by atoms with van der Waals surface area (Å²) in [6.45, 7) is 1.67. The first-order chi connectivity index (χ1) is 9.49. The molecule has 0 saturated carbocycles. The van der Waals surface area contributed by atoms with Crippen molar-refractivity contribution in [2.75, 3.05) is 52.0 Å². The summed E-state index contributed by atoms with van der Waals surface area (Å²) in [6, 6.07) is 0. The Balaban J connectivity index is 2.34. The van der Waals surface area contributed by atoms with Gasteiger partial charge in [-0.3, -0.25) is 4.79 Å². The number of nitrogens with zero attached hydrogens (tertiary/aromatic N) is 2. The van der Waals surface area contributed by atoms with E-state index >= 15 is 0 Å². The fraction of sp³-hybridized carbons (Fsp3) is 0.615. The Kier molecular flexibility index (Phi) is 4.39. The van der Waals surface area contributed by atoms with E-state index in [1.165, 1.54) is 16.2 Å². The van der Waals surface area contributed by atoms with Gasteiger partial charge < -0.3 is 25.0 Å². The fourth-order valence-corrected chi connectivity index (χ4v) is 3.54. The maximum atomic E-state index is 12.1. The Morgan fingerprint density at radius 3 is 2.65 bits per heavy atom. The molecule has 1 unspecified atom stereocenters. The molecule has 1 aromatic rings. The highest BCUT2D eigenvalue weighted by molar-refractivity contribution is 7.19. The molecule has 0 aromatic carbocycles. The summed E-state index contributed by atoms with van der Waals surface area (Å²) in [4.78, 5) is 16.4. The van der Waals surface area contributed by atoms with Gasteiger partial charge in [-0.25, -0.2) is 0 Å². The zero-order chi connectivity index (χ0) is 14.9. The molecule has 1 aliphatic rings. The van der Waals surface area contributed by atoms with Crippen LogP contribution in [0.4, 0.5) is 10.7 Å². The van der Waals surface area contributed by atoms with Crippen LogP contribution < -0.4 is 15.4 Å². The minimum atomic E-state index is -0.0976. The first-order valence-electron chi connectivity index (χ1n) is 6.45. The molecule has 2 rings (SSSR count). The van der Waals surface area contributed by atoms with Crippen molar-refractivity contribution in [3.63, 3.8) is 0 Å². The van der Waals surface area contributed by atoms with Crippen molar-refractivity contribution in [3.8, 4) is 5.75 Å². The van der Waals surface area contributed by atoms with Crippen LogP contribution in [-0.2, 0) is 4.74 Å². The summed E-state index contributed by atoms with van der Waals surface area (Å²) in [5.41, 5.74) is 6.49. The molecule has 0 bridgehead atoms. The predicted molar refractivity (Wildman–Crippen MR) is 80.9 cm³/mol. The van der Waals surface area contributed by atoms with Gasteiger partial charge in [0.2, 0.25) is 0 Å². The molecule has 0 spiro atoms. The van der Waals surface area contributed by atoms with Crippen molar-refractivity contribution in [1.29, 1.82) is 0 Å². The first kappa shape index (κ1) is 14.9. The number of carbonyl (C=O) groups excluding carboxylic acids is 1. The van der Waals surface area contributed by atoms with Gasteiger partial charge in [0.25, 0.3) is 5.91 Å². The molecular formula is C13H21N3O3S. The van der Waals surface area contributed by atoms with Gasteiger partial charge in [0.1, 0.15) is 15.6 Å². The van der Waals surface area contributed by atoms with Crippen LogP contribution in [0.5, 0.6) is 5.75 Å². The summed E-state index contributed by atoms with van der Waals surface area (Å²) < 4.78 is 10.8. The standard InChI is InChI=1S/C13H21N3O3S/c1-15(2)12(17)11-9(14)10(19-4)13(20-11)16-6-5-8(7-16)18-3/h8H,5-7,14H2,1-4H3. The van der Waals surface area contributed by atoms with Crippen molar-refractivity contribution in [2.24, 2.45) is 0 Å². The molecule has 1 aliphatic heterocycles. The van der Waals surface area contributed by atoms with Crippen LogP contribution in [0.1, 0.15) is 16.1 Å². The maximum absolute atomic E-state index is 12.1. The van der Waals surface area contributed by atoms with Gasteiger partial charge in [-0.15, -0.1) is 11.3 Å². The molecule has 6 nitrogen and oxygen atoms in total. The van der Waals surface area contributed by atoms with E-state index in [4.69, 9.17) is 15.2 Å². The minimum absolute atomic E-state index is 0.0976. The third kappa shape index (κ3) is 2.55. The minimum Gasteiger partial charge on any atom is -0.492 e. The number of hydrogen-bond donors (Lipinski definition) is 1. The summed E-state index contributed by atoms with van der Waals surface area (Å²) in [5, 5.41) is 0.912. The van der Waals surface area contributed by atoms with Crippen molar-refractivity contribution in [3.05, 3.63) is 4.88 Å². The van der Waals surface area contributed by atoms with E-state index in [0.717, 1.165) is 24.5 Å². The number of nitrogen functional groups attached to an aromatic ring is 1. The molecule has 1 saturated heterocycles. The Hall–Kier alpha value is -1.47. The molecule has 7 heteroatoms. The second-order valence-electron chi connectivity index (χ2n) is 4.98. The molecule has 1 aromatic heterocycles. The van der Waals surface area contributed by atoms with E-state index in [0.29, 0.717) is 16.3 Å². The number of hydrogen-bond acceptors (Lipinski definition) is 6. The Bertz CT molecular complexity index is 501. The Morgan fingerprint density at radius 1 is 1.45 bits per heavy atom. The molecule has 1 atom stereocenters. The molecule has 2 heterocycles. The largest absolute Gasteiger partial charge is 0.492 e. The topological polar surface area (TPSA) is 68.0 Å². The lowest BCUT2D eigenvalue weighted by Crippen LogP contribution is -2.22. The Labute approximate surface area is 123 Å². The second kappa shape index (κ2) is 5.88. The molecule has 0 radical (unpaired) electrons. The summed E-state index contributed by atoms with van der Waals surface area (Å²) >= 11 is 1.39. The van der Waals surface area contributed by atoms with Gasteiger partial charge in [0.15, 0.2) is 5.75 Å². The van der Waals surface area contributed by atoms with Crippen LogP contribution >= 0.6 is 11.3 Å². The number of ether oxygens (including phenoxy) is 2. The van der Waals surface area contributed by atoms with Crippen molar-refractivity contribution < 1.29 is 14.3 Å². The van der Waals surface area contributed by atoms with Gasteiger partial charge in [-0.2, -0.15) is 0 Å². The van der Waals surface area contributed by atoms with Gasteiger partial charge in [0, 0.05) is 34.3 Å². The van der Waals surface area contributed by atoms with Crippen LogP contribution in [0.15, 0.2) is 0 Å². The van der Waals surface area contributed by atoms with Gasteiger partial charge >= 0.3 is 0 Å². The molecule has 20 heavy (non-hydrogen) atoms. The van der Waals surface area contributed by atoms with Crippen LogP contribution in [-0.4, -0.2) is 58.3 Å². The van der Waals surface area contributed by atoms with E-state index in [1.54, 1.807) is 28.3 Å². The molecule has 0 aliphatic carbocycles. The third-order valence-corrected chi connectivity index (χ3v) is 4.69. The van der Waals surface area contributed by atoms with Gasteiger partial charge in [-0.1, -0.05) is 0 Å². The van der Waals surface area contributed by atoms with E-state index in [9.17, 15) is 4.79 Å². The van der Waals surface area contributed by atoms with E-state index in [1.807, 2.05) is 0 Å². The predicted octanol–water partition coefficient (Wildman–Crippen LogP) is 1.27. The number of carbonyl (C=O) groups is 1. The highest BCUT2D eigenvalue weighted by Gasteiger charge is 2.30. The maximum Gasteiger partial charge on any atom is 0.265 e. The normalized spacial score (nSPS) is 18.4. The molecule has 2 N–H and O–H groups in total. The van der Waals surface area contributed by atoms with Crippen molar-refractivity contribution in [1.82, 2.24) is 4.90 Å². The van der Waals surface area contributed by atoms with Crippen LogP contribution in [0.2, 0.25) is 0 Å². The van der Waals surface area contributed by atoms with Crippen LogP contribution in [0, 0.1) is 0 Å². The summed E-state index contributed by atoms with van der Waals surface area (Å²) in [5.74, 6) is 0.497. The highest BCUT2D eigenvalue weighted by Crippen LogP contribution is 2.46. The lowest BCUT2D eigenvalue weighted by molar-refractivity contribution is 0.0833.